The van der Waals surface area contributed by atoms with Gasteiger partial charge in [0.25, 0.3) is 0 Å². The van der Waals surface area contributed by atoms with Crippen LogP contribution in [0, 0.1) is 17.8 Å². The number of rotatable bonds is 3. The van der Waals surface area contributed by atoms with Crippen LogP contribution in [-0.4, -0.2) is 10.7 Å². The van der Waals surface area contributed by atoms with Crippen molar-refractivity contribution in [1.29, 1.82) is 0 Å². The molecule has 11 heavy (non-hydrogen) atoms. The van der Waals surface area contributed by atoms with Gasteiger partial charge in [0, 0.05) is 0 Å². The van der Waals surface area contributed by atoms with Gasteiger partial charge in [-0.05, 0) is 31.1 Å². The summed E-state index contributed by atoms with van der Waals surface area (Å²) in [5, 5.41) is 9.76. The average Bonchev–Trinajstić information content (AvgIpc) is 2.65. The Morgan fingerprint density at radius 3 is 2.45 bits per heavy atom. The third-order valence-corrected chi connectivity index (χ3v) is 2.86. The predicted molar refractivity (Wildman–Crippen MR) is 47.3 cm³/mol. The van der Waals surface area contributed by atoms with Crippen molar-refractivity contribution in [3.63, 3.8) is 0 Å². The Morgan fingerprint density at radius 1 is 1.64 bits per heavy atom. The van der Waals surface area contributed by atoms with E-state index >= 15 is 0 Å². The Bertz CT molecular complexity index is 158. The van der Waals surface area contributed by atoms with Gasteiger partial charge >= 0.3 is 0 Å². The molecule has 0 aliphatic heterocycles. The van der Waals surface area contributed by atoms with Gasteiger partial charge in [0.15, 0.2) is 0 Å². The molecule has 0 spiro atoms. The molecule has 0 radical (unpaired) electrons. The fourth-order valence-corrected chi connectivity index (χ4v) is 1.77. The summed E-state index contributed by atoms with van der Waals surface area (Å²) in [6.07, 6.45) is 2.83. The molecule has 1 nitrogen and oxygen atoms in total. The summed E-state index contributed by atoms with van der Waals surface area (Å²) in [6.45, 7) is 9.92. The molecule has 1 fully saturated rings. The van der Waals surface area contributed by atoms with Crippen LogP contribution in [0.3, 0.4) is 0 Å². The Balaban J connectivity index is 2.49. The Kier molecular flexibility index (Phi) is 2.10. The standard InChI is InChI=1S/C10H18O/c1-5-10(4,11)9-6-8(9)7(2)3/h5,7-9,11H,1,6H2,2-4H3. The van der Waals surface area contributed by atoms with Crippen LogP contribution in [0.25, 0.3) is 0 Å². The van der Waals surface area contributed by atoms with E-state index in [0.29, 0.717) is 17.8 Å². The number of hydrogen-bond donors (Lipinski definition) is 1. The zero-order valence-electron chi connectivity index (χ0n) is 7.67. The molecule has 1 aliphatic rings. The van der Waals surface area contributed by atoms with Crippen LogP contribution in [-0.2, 0) is 0 Å². The summed E-state index contributed by atoms with van der Waals surface area (Å²) in [4.78, 5) is 0. The molecular formula is C10H18O. The van der Waals surface area contributed by atoms with Gasteiger partial charge in [0.2, 0.25) is 0 Å². The first-order valence-electron chi connectivity index (χ1n) is 4.35. The van der Waals surface area contributed by atoms with Crippen LogP contribution < -0.4 is 0 Å². The maximum absolute atomic E-state index is 9.76. The first kappa shape index (κ1) is 8.79. The molecule has 0 aromatic carbocycles. The summed E-state index contributed by atoms with van der Waals surface area (Å²) in [5.74, 6) is 1.87. The zero-order valence-corrected chi connectivity index (χ0v) is 7.67. The van der Waals surface area contributed by atoms with Gasteiger partial charge in [-0.1, -0.05) is 19.9 Å². The van der Waals surface area contributed by atoms with E-state index in [9.17, 15) is 5.11 Å². The molecule has 1 rings (SSSR count). The summed E-state index contributed by atoms with van der Waals surface area (Å²) >= 11 is 0. The van der Waals surface area contributed by atoms with Crippen LogP contribution in [0.5, 0.6) is 0 Å². The van der Waals surface area contributed by atoms with Crippen LogP contribution in [0.2, 0.25) is 0 Å². The van der Waals surface area contributed by atoms with Gasteiger partial charge < -0.3 is 5.11 Å². The highest BCUT2D eigenvalue weighted by molar-refractivity contribution is 5.07. The van der Waals surface area contributed by atoms with Crippen molar-refractivity contribution in [3.05, 3.63) is 12.7 Å². The van der Waals surface area contributed by atoms with Crippen LogP contribution in [0.1, 0.15) is 27.2 Å². The van der Waals surface area contributed by atoms with Gasteiger partial charge in [-0.3, -0.25) is 0 Å². The summed E-state index contributed by atoms with van der Waals surface area (Å²) < 4.78 is 0. The second-order valence-corrected chi connectivity index (χ2v) is 4.18. The smallest absolute Gasteiger partial charge is 0.0827 e. The molecule has 1 aliphatic carbocycles. The van der Waals surface area contributed by atoms with Crippen molar-refractivity contribution in [3.8, 4) is 0 Å². The Hall–Kier alpha value is -0.300. The third-order valence-electron chi connectivity index (χ3n) is 2.86. The molecule has 1 N–H and O–H groups in total. The highest BCUT2D eigenvalue weighted by atomic mass is 16.3. The Morgan fingerprint density at radius 2 is 2.18 bits per heavy atom. The van der Waals surface area contributed by atoms with Crippen molar-refractivity contribution in [2.75, 3.05) is 0 Å². The van der Waals surface area contributed by atoms with E-state index < -0.39 is 5.60 Å². The fraction of sp³-hybridized carbons (Fsp3) is 0.800. The number of aliphatic hydroxyl groups is 1. The van der Waals surface area contributed by atoms with Gasteiger partial charge in [-0.25, -0.2) is 0 Å². The SMILES string of the molecule is C=CC(C)(O)C1CC1C(C)C. The predicted octanol–water partition coefficient (Wildman–Crippen LogP) is 2.22. The molecule has 0 heterocycles. The lowest BCUT2D eigenvalue weighted by atomic mass is 9.95. The zero-order chi connectivity index (χ0) is 8.65. The van der Waals surface area contributed by atoms with E-state index in [1.807, 2.05) is 6.92 Å². The molecule has 3 unspecified atom stereocenters. The van der Waals surface area contributed by atoms with Crippen molar-refractivity contribution >= 4 is 0 Å². The molecule has 0 amide bonds. The third kappa shape index (κ3) is 1.64. The minimum Gasteiger partial charge on any atom is -0.386 e. The van der Waals surface area contributed by atoms with Gasteiger partial charge in [-0.15, -0.1) is 6.58 Å². The van der Waals surface area contributed by atoms with Gasteiger partial charge in [-0.2, -0.15) is 0 Å². The Labute approximate surface area is 69.1 Å². The highest BCUT2D eigenvalue weighted by Crippen LogP contribution is 2.50. The summed E-state index contributed by atoms with van der Waals surface area (Å²) in [5.41, 5.74) is -0.630. The maximum atomic E-state index is 9.76. The van der Waals surface area contributed by atoms with Crippen molar-refractivity contribution in [1.82, 2.24) is 0 Å². The quantitative estimate of drug-likeness (QED) is 0.618. The van der Waals surface area contributed by atoms with Crippen molar-refractivity contribution < 1.29 is 5.11 Å². The first-order chi connectivity index (χ1) is 4.99. The maximum Gasteiger partial charge on any atom is 0.0827 e. The van der Waals surface area contributed by atoms with Crippen molar-refractivity contribution in [2.24, 2.45) is 17.8 Å². The summed E-state index contributed by atoms with van der Waals surface area (Å²) in [7, 11) is 0. The lowest BCUT2D eigenvalue weighted by molar-refractivity contribution is 0.0787. The molecule has 0 aromatic heterocycles. The lowest BCUT2D eigenvalue weighted by Gasteiger charge is -2.19. The highest BCUT2D eigenvalue weighted by Gasteiger charge is 2.48. The average molecular weight is 154 g/mol. The minimum atomic E-state index is -0.630. The van der Waals surface area contributed by atoms with Crippen LogP contribution in [0.4, 0.5) is 0 Å². The van der Waals surface area contributed by atoms with E-state index in [4.69, 9.17) is 0 Å². The molecule has 3 atom stereocenters. The van der Waals surface area contributed by atoms with Crippen LogP contribution in [0.15, 0.2) is 12.7 Å². The molecular weight excluding hydrogens is 136 g/mol. The van der Waals surface area contributed by atoms with E-state index in [1.54, 1.807) is 6.08 Å². The minimum absolute atomic E-state index is 0.458. The molecule has 1 saturated carbocycles. The molecule has 1 heteroatoms. The molecule has 0 bridgehead atoms. The van der Waals surface area contributed by atoms with Crippen molar-refractivity contribution in [2.45, 2.75) is 32.8 Å². The van der Waals surface area contributed by atoms with E-state index in [2.05, 4.69) is 20.4 Å². The fourth-order valence-electron chi connectivity index (χ4n) is 1.77. The molecule has 0 aromatic rings. The lowest BCUT2D eigenvalue weighted by Crippen LogP contribution is -2.24. The van der Waals surface area contributed by atoms with Crippen LogP contribution >= 0.6 is 0 Å². The number of hydrogen-bond acceptors (Lipinski definition) is 1. The second kappa shape index (κ2) is 2.63. The molecule has 0 saturated heterocycles. The van der Waals surface area contributed by atoms with Gasteiger partial charge in [0.05, 0.1) is 5.60 Å². The first-order valence-corrected chi connectivity index (χ1v) is 4.35. The monoisotopic (exact) mass is 154 g/mol. The summed E-state index contributed by atoms with van der Waals surface area (Å²) in [6, 6.07) is 0. The van der Waals surface area contributed by atoms with E-state index in [0.717, 1.165) is 6.42 Å². The largest absolute Gasteiger partial charge is 0.386 e. The topological polar surface area (TPSA) is 20.2 Å². The second-order valence-electron chi connectivity index (χ2n) is 4.18. The van der Waals surface area contributed by atoms with E-state index in [-0.39, 0.29) is 0 Å². The van der Waals surface area contributed by atoms with Gasteiger partial charge in [0.1, 0.15) is 0 Å². The molecule has 64 valence electrons. The normalized spacial score (nSPS) is 35.0. The van der Waals surface area contributed by atoms with E-state index in [1.165, 1.54) is 0 Å².